The molecule has 0 bridgehead atoms. The van der Waals surface area contributed by atoms with Crippen LogP contribution in [0.4, 0.5) is 5.69 Å². The van der Waals surface area contributed by atoms with E-state index in [0.717, 1.165) is 14.6 Å². The number of aromatic nitrogens is 1. The van der Waals surface area contributed by atoms with Crippen LogP contribution in [0.2, 0.25) is 0 Å². The molecule has 22 heavy (non-hydrogen) atoms. The third-order valence-corrected chi connectivity index (χ3v) is 4.05. The molecule has 1 amide bonds. The number of anilines is 1. The van der Waals surface area contributed by atoms with Crippen molar-refractivity contribution >= 4 is 45.0 Å². The number of hydrogen-bond acceptors (Lipinski definition) is 2. The summed E-state index contributed by atoms with van der Waals surface area (Å²) in [4.78, 5) is 24.4. The van der Waals surface area contributed by atoms with Gasteiger partial charge in [0.15, 0.2) is 0 Å². The van der Waals surface area contributed by atoms with Gasteiger partial charge in [0, 0.05) is 20.8 Å². The van der Waals surface area contributed by atoms with Crippen LogP contribution >= 0.6 is 22.6 Å². The van der Waals surface area contributed by atoms with E-state index in [2.05, 4.69) is 27.9 Å². The molecule has 0 saturated carbocycles. The molecule has 0 aliphatic rings. The van der Waals surface area contributed by atoms with Gasteiger partial charge in [-0.3, -0.25) is 9.59 Å². The fraction of sp³-hybridized carbons (Fsp3) is 0.0588. The summed E-state index contributed by atoms with van der Waals surface area (Å²) in [5, 5.41) is 4.29. The summed E-state index contributed by atoms with van der Waals surface area (Å²) < 4.78 is 2.52. The number of hydrogen-bond donors (Lipinski definition) is 1. The molecule has 110 valence electrons. The van der Waals surface area contributed by atoms with Gasteiger partial charge >= 0.3 is 0 Å². The number of carbonyl (C=O) groups is 1. The molecule has 3 rings (SSSR count). The Kier molecular flexibility index (Phi) is 4.24. The molecule has 0 saturated heterocycles. The second-order valence-electron chi connectivity index (χ2n) is 4.89. The lowest BCUT2D eigenvalue weighted by Gasteiger charge is -2.08. The van der Waals surface area contributed by atoms with Crippen molar-refractivity contribution < 1.29 is 4.79 Å². The van der Waals surface area contributed by atoms with Crippen LogP contribution in [0.3, 0.4) is 0 Å². The van der Waals surface area contributed by atoms with Crippen LogP contribution in [0.5, 0.6) is 0 Å². The Bertz CT molecular complexity index is 885. The second kappa shape index (κ2) is 6.31. The van der Waals surface area contributed by atoms with Crippen LogP contribution in [0, 0.1) is 3.57 Å². The maximum atomic E-state index is 12.3. The monoisotopic (exact) mass is 404 g/mol. The Morgan fingerprint density at radius 3 is 2.55 bits per heavy atom. The number of nitrogens with zero attached hydrogens (tertiary/aromatic N) is 1. The molecular formula is C17H13IN2O2. The van der Waals surface area contributed by atoms with Gasteiger partial charge in [-0.15, -0.1) is 0 Å². The van der Waals surface area contributed by atoms with Crippen molar-refractivity contribution in [3.05, 3.63) is 74.7 Å². The molecule has 0 aliphatic carbocycles. The molecule has 1 N–H and O–H groups in total. The molecule has 0 radical (unpaired) electrons. The van der Waals surface area contributed by atoms with Crippen molar-refractivity contribution in [1.82, 2.24) is 4.57 Å². The van der Waals surface area contributed by atoms with Gasteiger partial charge in [0.2, 0.25) is 5.91 Å². The highest BCUT2D eigenvalue weighted by Gasteiger charge is 2.07. The fourth-order valence-electron chi connectivity index (χ4n) is 2.24. The summed E-state index contributed by atoms with van der Waals surface area (Å²) in [7, 11) is 0. The average Bonchev–Trinajstić information content (AvgIpc) is 2.53. The highest BCUT2D eigenvalue weighted by atomic mass is 127. The van der Waals surface area contributed by atoms with Crippen molar-refractivity contribution in [1.29, 1.82) is 0 Å². The van der Waals surface area contributed by atoms with Crippen molar-refractivity contribution in [2.24, 2.45) is 0 Å². The number of pyridine rings is 1. The van der Waals surface area contributed by atoms with Crippen molar-refractivity contribution in [3.63, 3.8) is 0 Å². The average molecular weight is 404 g/mol. The van der Waals surface area contributed by atoms with Gasteiger partial charge < -0.3 is 9.88 Å². The zero-order valence-corrected chi connectivity index (χ0v) is 13.8. The summed E-state index contributed by atoms with van der Waals surface area (Å²) in [5.74, 6) is -0.224. The molecule has 0 spiro atoms. The summed E-state index contributed by atoms with van der Waals surface area (Å²) in [6, 6.07) is 16.7. The highest BCUT2D eigenvalue weighted by Crippen LogP contribution is 2.11. The summed E-state index contributed by atoms with van der Waals surface area (Å²) in [5.41, 5.74) is 0.565. The number of benzene rings is 2. The molecule has 5 heteroatoms. The summed E-state index contributed by atoms with van der Waals surface area (Å²) in [6.07, 6.45) is 1.65. The molecule has 1 aromatic heterocycles. The first-order chi connectivity index (χ1) is 10.6. The second-order valence-corrected chi connectivity index (χ2v) is 6.14. The van der Waals surface area contributed by atoms with E-state index in [9.17, 15) is 9.59 Å². The van der Waals surface area contributed by atoms with E-state index >= 15 is 0 Å². The van der Waals surface area contributed by atoms with Crippen LogP contribution < -0.4 is 10.9 Å². The first-order valence-electron chi connectivity index (χ1n) is 6.77. The summed E-state index contributed by atoms with van der Waals surface area (Å²) in [6.45, 7) is -0.00431. The standard InChI is InChI=1S/C17H13IN2O2/c18-13-5-7-14(8-6-13)19-16(21)11-20-10-9-12-3-1-2-4-15(12)17(20)22/h1-10H,11H2,(H,19,21). The Morgan fingerprint density at radius 2 is 1.77 bits per heavy atom. The lowest BCUT2D eigenvalue weighted by atomic mass is 10.2. The molecule has 0 aliphatic heterocycles. The third kappa shape index (κ3) is 3.19. The fourth-order valence-corrected chi connectivity index (χ4v) is 2.60. The van der Waals surface area contributed by atoms with Crippen molar-refractivity contribution in [3.8, 4) is 0 Å². The van der Waals surface area contributed by atoms with Gasteiger partial charge in [0.25, 0.3) is 5.56 Å². The first-order valence-corrected chi connectivity index (χ1v) is 7.85. The molecule has 3 aromatic rings. The van der Waals surface area contributed by atoms with Gasteiger partial charge in [-0.2, -0.15) is 0 Å². The van der Waals surface area contributed by atoms with Crippen LogP contribution in [0.15, 0.2) is 65.6 Å². The number of carbonyl (C=O) groups excluding carboxylic acids is 1. The highest BCUT2D eigenvalue weighted by molar-refractivity contribution is 14.1. The zero-order valence-electron chi connectivity index (χ0n) is 11.6. The smallest absolute Gasteiger partial charge is 0.258 e. The number of amides is 1. The SMILES string of the molecule is O=C(Cn1ccc2ccccc2c1=O)Nc1ccc(I)cc1. The van der Waals surface area contributed by atoms with E-state index < -0.39 is 0 Å². The third-order valence-electron chi connectivity index (χ3n) is 3.33. The molecular weight excluding hydrogens is 391 g/mol. The molecule has 0 atom stereocenters. The molecule has 2 aromatic carbocycles. The Morgan fingerprint density at radius 1 is 1.05 bits per heavy atom. The number of fused-ring (bicyclic) bond motifs is 1. The van der Waals surface area contributed by atoms with Crippen LogP contribution in [-0.4, -0.2) is 10.5 Å². The predicted octanol–water partition coefficient (Wildman–Crippen LogP) is 3.24. The molecule has 1 heterocycles. The number of halogens is 1. The van der Waals surface area contributed by atoms with Gasteiger partial charge in [-0.05, 0) is 64.4 Å². The Labute approximate surface area is 140 Å². The number of rotatable bonds is 3. The first kappa shape index (κ1) is 14.8. The normalized spacial score (nSPS) is 10.6. The van der Waals surface area contributed by atoms with E-state index in [1.165, 1.54) is 4.57 Å². The largest absolute Gasteiger partial charge is 0.325 e. The quantitative estimate of drug-likeness (QED) is 0.682. The Hall–Kier alpha value is -2.15. The van der Waals surface area contributed by atoms with E-state index in [-0.39, 0.29) is 18.0 Å². The van der Waals surface area contributed by atoms with E-state index in [1.807, 2.05) is 48.5 Å². The molecule has 0 fully saturated rings. The van der Waals surface area contributed by atoms with Crippen LogP contribution in [0.25, 0.3) is 10.8 Å². The van der Waals surface area contributed by atoms with Crippen molar-refractivity contribution in [2.75, 3.05) is 5.32 Å². The van der Waals surface area contributed by atoms with E-state index in [1.54, 1.807) is 12.3 Å². The minimum Gasteiger partial charge on any atom is -0.325 e. The van der Waals surface area contributed by atoms with Crippen molar-refractivity contribution in [2.45, 2.75) is 6.54 Å². The molecule has 4 nitrogen and oxygen atoms in total. The maximum absolute atomic E-state index is 12.3. The number of nitrogens with one attached hydrogen (secondary N) is 1. The molecule has 0 unspecified atom stereocenters. The van der Waals surface area contributed by atoms with Crippen LogP contribution in [0.1, 0.15) is 0 Å². The maximum Gasteiger partial charge on any atom is 0.258 e. The van der Waals surface area contributed by atoms with E-state index in [4.69, 9.17) is 0 Å². The van der Waals surface area contributed by atoms with Gasteiger partial charge in [0.05, 0.1) is 0 Å². The topological polar surface area (TPSA) is 51.1 Å². The minimum absolute atomic E-state index is 0.00431. The lowest BCUT2D eigenvalue weighted by molar-refractivity contribution is -0.116. The van der Waals surface area contributed by atoms with Gasteiger partial charge in [-0.25, -0.2) is 0 Å². The lowest BCUT2D eigenvalue weighted by Crippen LogP contribution is -2.27. The van der Waals surface area contributed by atoms with E-state index in [0.29, 0.717) is 5.39 Å². The minimum atomic E-state index is -0.224. The van der Waals surface area contributed by atoms with Gasteiger partial charge in [-0.1, -0.05) is 18.2 Å². The Balaban J connectivity index is 1.81. The van der Waals surface area contributed by atoms with Gasteiger partial charge in [0.1, 0.15) is 6.54 Å². The zero-order chi connectivity index (χ0) is 15.5. The van der Waals surface area contributed by atoms with Crippen LogP contribution in [-0.2, 0) is 11.3 Å². The predicted molar refractivity (Wildman–Crippen MR) is 96.0 cm³/mol. The summed E-state index contributed by atoms with van der Waals surface area (Å²) >= 11 is 2.20.